The minimum atomic E-state index is -0.442. The number of rotatable bonds is 4. The monoisotopic (exact) mass is 315 g/mol. The van der Waals surface area contributed by atoms with E-state index in [0.29, 0.717) is 4.47 Å². The van der Waals surface area contributed by atoms with Crippen LogP contribution in [0, 0.1) is 10.1 Å². The second-order valence-corrected chi connectivity index (χ2v) is 5.18. The molecule has 98 valence electrons. The SMILES string of the molecule is CC(Nc1ncc(Br)cc1[N+](=O)[O-])C1CCCO1. The number of hydrogen-bond donors (Lipinski definition) is 1. The van der Waals surface area contributed by atoms with Crippen LogP contribution in [-0.4, -0.2) is 28.7 Å². The molecule has 0 amide bonds. The van der Waals surface area contributed by atoms with Crippen molar-refractivity contribution in [2.24, 2.45) is 0 Å². The first-order chi connectivity index (χ1) is 8.58. The first-order valence-corrected chi connectivity index (χ1v) is 6.55. The third-order valence-corrected chi connectivity index (χ3v) is 3.35. The van der Waals surface area contributed by atoms with Crippen molar-refractivity contribution >= 4 is 27.4 Å². The largest absolute Gasteiger partial charge is 0.376 e. The van der Waals surface area contributed by atoms with Crippen molar-refractivity contribution in [1.29, 1.82) is 0 Å². The van der Waals surface area contributed by atoms with Crippen molar-refractivity contribution < 1.29 is 9.66 Å². The van der Waals surface area contributed by atoms with Gasteiger partial charge in [-0.25, -0.2) is 4.98 Å². The quantitative estimate of drug-likeness (QED) is 0.682. The Bertz CT molecular complexity index is 449. The van der Waals surface area contributed by atoms with E-state index in [9.17, 15) is 10.1 Å². The van der Waals surface area contributed by atoms with Crippen LogP contribution in [0.25, 0.3) is 0 Å². The predicted octanol–water partition coefficient (Wildman–Crippen LogP) is 2.73. The molecule has 1 aliphatic rings. The van der Waals surface area contributed by atoms with Crippen LogP contribution in [0.5, 0.6) is 0 Å². The molecule has 2 atom stereocenters. The smallest absolute Gasteiger partial charge is 0.312 e. The summed E-state index contributed by atoms with van der Waals surface area (Å²) < 4.78 is 6.13. The molecule has 1 saturated heterocycles. The molecule has 7 heteroatoms. The summed E-state index contributed by atoms with van der Waals surface area (Å²) in [6, 6.07) is 1.44. The molecule has 18 heavy (non-hydrogen) atoms. The maximum Gasteiger partial charge on any atom is 0.312 e. The van der Waals surface area contributed by atoms with Gasteiger partial charge in [0.1, 0.15) is 0 Å². The standard InChI is InChI=1S/C11H14BrN3O3/c1-7(10-3-2-4-18-10)14-11-9(15(16)17)5-8(12)6-13-11/h5-7,10H,2-4H2,1H3,(H,13,14). The molecule has 1 fully saturated rings. The van der Waals surface area contributed by atoms with E-state index >= 15 is 0 Å². The van der Waals surface area contributed by atoms with Crippen LogP contribution in [0.4, 0.5) is 11.5 Å². The maximum absolute atomic E-state index is 11.0. The highest BCUT2D eigenvalue weighted by atomic mass is 79.9. The van der Waals surface area contributed by atoms with Gasteiger partial charge >= 0.3 is 5.69 Å². The molecule has 2 unspecified atom stereocenters. The first kappa shape index (κ1) is 13.2. The summed E-state index contributed by atoms with van der Waals surface area (Å²) in [6.07, 6.45) is 3.64. The number of hydrogen-bond acceptors (Lipinski definition) is 5. The fraction of sp³-hybridized carbons (Fsp3) is 0.545. The first-order valence-electron chi connectivity index (χ1n) is 5.76. The highest BCUT2D eigenvalue weighted by molar-refractivity contribution is 9.10. The molecule has 0 saturated carbocycles. The van der Waals surface area contributed by atoms with E-state index in [1.54, 1.807) is 0 Å². The summed E-state index contributed by atoms with van der Waals surface area (Å²) in [5.74, 6) is 0.284. The lowest BCUT2D eigenvalue weighted by Crippen LogP contribution is -2.30. The molecule has 1 aromatic rings. The van der Waals surface area contributed by atoms with E-state index in [0.717, 1.165) is 19.4 Å². The van der Waals surface area contributed by atoms with Gasteiger partial charge in [0.2, 0.25) is 5.82 Å². The molecule has 1 N–H and O–H groups in total. The Morgan fingerprint density at radius 3 is 3.11 bits per heavy atom. The number of nitrogens with one attached hydrogen (secondary N) is 1. The average Bonchev–Trinajstić information content (AvgIpc) is 2.84. The van der Waals surface area contributed by atoms with E-state index in [4.69, 9.17) is 4.74 Å². The van der Waals surface area contributed by atoms with Crippen LogP contribution >= 0.6 is 15.9 Å². The number of nitrogens with zero attached hydrogens (tertiary/aromatic N) is 2. The Morgan fingerprint density at radius 1 is 1.72 bits per heavy atom. The van der Waals surface area contributed by atoms with Crippen molar-refractivity contribution in [1.82, 2.24) is 4.98 Å². The van der Waals surface area contributed by atoms with Crippen LogP contribution in [0.1, 0.15) is 19.8 Å². The Morgan fingerprint density at radius 2 is 2.50 bits per heavy atom. The molecule has 6 nitrogen and oxygen atoms in total. The second kappa shape index (κ2) is 5.62. The van der Waals surface area contributed by atoms with Crippen LogP contribution in [0.3, 0.4) is 0 Å². The van der Waals surface area contributed by atoms with Crippen LogP contribution in [-0.2, 0) is 4.74 Å². The third-order valence-electron chi connectivity index (χ3n) is 2.92. The van der Waals surface area contributed by atoms with Crippen LogP contribution < -0.4 is 5.32 Å². The summed E-state index contributed by atoms with van der Waals surface area (Å²) in [6.45, 7) is 2.70. The number of anilines is 1. The second-order valence-electron chi connectivity index (χ2n) is 4.26. The average molecular weight is 316 g/mol. The number of halogens is 1. The highest BCUT2D eigenvalue weighted by Crippen LogP contribution is 2.27. The molecule has 1 aliphatic heterocycles. The van der Waals surface area contributed by atoms with Gasteiger partial charge in [0, 0.05) is 23.3 Å². The molecular weight excluding hydrogens is 302 g/mol. The van der Waals surface area contributed by atoms with Gasteiger partial charge in [0.05, 0.1) is 17.1 Å². The topological polar surface area (TPSA) is 77.3 Å². The van der Waals surface area contributed by atoms with Crippen molar-refractivity contribution in [2.45, 2.75) is 31.9 Å². The van der Waals surface area contributed by atoms with Crippen molar-refractivity contribution in [2.75, 3.05) is 11.9 Å². The lowest BCUT2D eigenvalue weighted by molar-refractivity contribution is -0.384. The van der Waals surface area contributed by atoms with Gasteiger partial charge in [-0.05, 0) is 35.7 Å². The number of ether oxygens (including phenoxy) is 1. The molecule has 0 radical (unpaired) electrons. The normalized spacial score (nSPS) is 20.7. The van der Waals surface area contributed by atoms with E-state index in [1.165, 1.54) is 12.3 Å². The number of aromatic nitrogens is 1. The lowest BCUT2D eigenvalue weighted by Gasteiger charge is -2.20. The summed E-state index contributed by atoms with van der Waals surface area (Å²) in [5.41, 5.74) is -0.0331. The molecule has 0 aromatic carbocycles. The van der Waals surface area contributed by atoms with E-state index in [1.807, 2.05) is 6.92 Å². The number of nitro groups is 1. The summed E-state index contributed by atoms with van der Waals surface area (Å²) in [4.78, 5) is 14.6. The molecule has 2 rings (SSSR count). The third kappa shape index (κ3) is 2.97. The minimum Gasteiger partial charge on any atom is -0.376 e. The molecule has 1 aromatic heterocycles. The zero-order chi connectivity index (χ0) is 13.1. The minimum absolute atomic E-state index is 0.000115. The highest BCUT2D eigenvalue weighted by Gasteiger charge is 2.25. The fourth-order valence-corrected chi connectivity index (χ4v) is 2.30. The van der Waals surface area contributed by atoms with E-state index in [2.05, 4.69) is 26.2 Å². The van der Waals surface area contributed by atoms with Gasteiger partial charge in [-0.3, -0.25) is 10.1 Å². The Labute approximate surface area is 113 Å². The lowest BCUT2D eigenvalue weighted by atomic mass is 10.1. The molecule has 0 spiro atoms. The fourth-order valence-electron chi connectivity index (χ4n) is 1.98. The summed E-state index contributed by atoms with van der Waals surface area (Å²) in [5, 5.41) is 14.0. The van der Waals surface area contributed by atoms with Gasteiger partial charge < -0.3 is 10.1 Å². The van der Waals surface area contributed by atoms with Crippen molar-refractivity contribution in [3.63, 3.8) is 0 Å². The molecular formula is C11H14BrN3O3. The van der Waals surface area contributed by atoms with Crippen LogP contribution in [0.2, 0.25) is 0 Å². The molecule has 2 heterocycles. The summed E-state index contributed by atoms with van der Waals surface area (Å²) in [7, 11) is 0. The van der Waals surface area contributed by atoms with Gasteiger partial charge in [-0.15, -0.1) is 0 Å². The zero-order valence-corrected chi connectivity index (χ0v) is 11.5. The van der Waals surface area contributed by atoms with Gasteiger partial charge in [0.15, 0.2) is 0 Å². The van der Waals surface area contributed by atoms with E-state index in [-0.39, 0.29) is 23.7 Å². The number of pyridine rings is 1. The summed E-state index contributed by atoms with van der Waals surface area (Å²) >= 11 is 3.18. The Balaban J connectivity index is 2.15. The van der Waals surface area contributed by atoms with E-state index < -0.39 is 4.92 Å². The molecule has 0 bridgehead atoms. The van der Waals surface area contributed by atoms with Crippen molar-refractivity contribution in [3.05, 3.63) is 26.9 Å². The maximum atomic E-state index is 11.0. The molecule has 0 aliphatic carbocycles. The van der Waals surface area contributed by atoms with Gasteiger partial charge in [-0.2, -0.15) is 0 Å². The predicted molar refractivity (Wildman–Crippen MR) is 70.7 cm³/mol. The zero-order valence-electron chi connectivity index (χ0n) is 9.93. The van der Waals surface area contributed by atoms with Gasteiger partial charge in [0.25, 0.3) is 0 Å². The Kier molecular flexibility index (Phi) is 4.13. The van der Waals surface area contributed by atoms with Crippen LogP contribution in [0.15, 0.2) is 16.7 Å². The van der Waals surface area contributed by atoms with Gasteiger partial charge in [-0.1, -0.05) is 0 Å². The van der Waals surface area contributed by atoms with Crippen molar-refractivity contribution in [3.8, 4) is 0 Å². The Hall–Kier alpha value is -1.21.